The van der Waals surface area contributed by atoms with E-state index in [9.17, 15) is 13.2 Å². The smallest absolute Gasteiger partial charge is 0.224 e. The lowest BCUT2D eigenvalue weighted by molar-refractivity contribution is 0.102. The van der Waals surface area contributed by atoms with Gasteiger partial charge in [-0.15, -0.1) is 0 Å². The van der Waals surface area contributed by atoms with Crippen LogP contribution in [0.25, 0.3) is 11.2 Å². The zero-order valence-electron chi connectivity index (χ0n) is 14.4. The fraction of sp³-hybridized carbons (Fsp3) is 0.188. The van der Waals surface area contributed by atoms with Crippen LogP contribution >= 0.6 is 0 Å². The number of nitrogens with zero attached hydrogens (tertiary/aromatic N) is 4. The molecule has 11 heteroatoms. The molecular weight excluding hydrogens is 370 g/mol. The Kier molecular flexibility index (Phi) is 4.86. The van der Waals surface area contributed by atoms with E-state index < -0.39 is 21.4 Å². The summed E-state index contributed by atoms with van der Waals surface area (Å²) < 4.78 is 22.6. The maximum Gasteiger partial charge on any atom is 0.224 e. The van der Waals surface area contributed by atoms with Crippen LogP contribution in [0.3, 0.4) is 0 Å². The van der Waals surface area contributed by atoms with E-state index in [1.165, 1.54) is 6.20 Å². The van der Waals surface area contributed by atoms with E-state index in [0.29, 0.717) is 34.7 Å². The number of anilines is 3. The minimum absolute atomic E-state index is 0.0238. The van der Waals surface area contributed by atoms with Crippen LogP contribution in [0.1, 0.15) is 16.1 Å². The summed E-state index contributed by atoms with van der Waals surface area (Å²) in [5.74, 6) is -0.834. The van der Waals surface area contributed by atoms with Gasteiger partial charge in [0.15, 0.2) is 32.6 Å². The zero-order valence-corrected chi connectivity index (χ0v) is 15.2. The van der Waals surface area contributed by atoms with Crippen LogP contribution in [0.5, 0.6) is 0 Å². The van der Waals surface area contributed by atoms with Crippen molar-refractivity contribution in [3.8, 4) is 0 Å². The summed E-state index contributed by atoms with van der Waals surface area (Å²) in [7, 11) is -3.39. The van der Waals surface area contributed by atoms with Crippen molar-refractivity contribution < 1.29 is 13.2 Å². The average Bonchev–Trinajstić information content (AvgIpc) is 2.59. The zero-order chi connectivity index (χ0) is 19.6. The fourth-order valence-electron chi connectivity index (χ4n) is 2.38. The van der Waals surface area contributed by atoms with Crippen molar-refractivity contribution in [3.63, 3.8) is 0 Å². The molecule has 0 aliphatic carbocycles. The van der Waals surface area contributed by atoms with Crippen LogP contribution in [0, 0.1) is 0 Å². The molecule has 140 valence electrons. The van der Waals surface area contributed by atoms with E-state index in [-0.39, 0.29) is 11.8 Å². The number of ketones is 1. The van der Waals surface area contributed by atoms with E-state index in [4.69, 9.17) is 11.5 Å². The number of benzene rings is 1. The van der Waals surface area contributed by atoms with Crippen LogP contribution in [0.15, 0.2) is 30.5 Å². The number of nitrogens with two attached hydrogens (primary N) is 2. The van der Waals surface area contributed by atoms with Gasteiger partial charge < -0.3 is 16.8 Å². The van der Waals surface area contributed by atoms with Crippen molar-refractivity contribution in [2.24, 2.45) is 0 Å². The summed E-state index contributed by atoms with van der Waals surface area (Å²) in [4.78, 5) is 28.4. The summed E-state index contributed by atoms with van der Waals surface area (Å²) in [5, 5.41) is 3.10. The Morgan fingerprint density at radius 2 is 1.96 bits per heavy atom. The Balaban J connectivity index is 1.76. The molecule has 0 unspecified atom stereocenters. The standard InChI is InChI=1S/C16H17N7O3S/c1-27(25,26)8-12(24)9-3-2-4-10(5-9)19-6-11-7-20-15-13(21-11)14(17)22-16(18)23-15/h2-5,7,19H,6,8H2,1H3,(H4,17,18,20,22,23). The third-order valence-electron chi connectivity index (χ3n) is 3.55. The molecule has 3 aromatic rings. The van der Waals surface area contributed by atoms with Gasteiger partial charge in [-0.3, -0.25) is 4.79 Å². The number of carbonyl (C=O) groups is 1. The number of hydrogen-bond acceptors (Lipinski definition) is 10. The summed E-state index contributed by atoms with van der Waals surface area (Å²) >= 11 is 0. The Labute approximate surface area is 155 Å². The maximum absolute atomic E-state index is 12.0. The van der Waals surface area contributed by atoms with Crippen LogP contribution in [-0.2, 0) is 16.4 Å². The lowest BCUT2D eigenvalue weighted by Crippen LogP contribution is -2.14. The van der Waals surface area contributed by atoms with Crippen LogP contribution < -0.4 is 16.8 Å². The maximum atomic E-state index is 12.0. The van der Waals surface area contributed by atoms with Gasteiger partial charge in [0, 0.05) is 17.5 Å². The van der Waals surface area contributed by atoms with E-state index in [1.807, 2.05) is 0 Å². The minimum atomic E-state index is -3.39. The van der Waals surface area contributed by atoms with Crippen molar-refractivity contribution >= 4 is 44.2 Å². The van der Waals surface area contributed by atoms with Crippen molar-refractivity contribution in [1.29, 1.82) is 0 Å². The highest BCUT2D eigenvalue weighted by atomic mass is 32.2. The number of sulfone groups is 1. The molecule has 0 amide bonds. The molecule has 0 bridgehead atoms. The van der Waals surface area contributed by atoms with E-state index in [1.54, 1.807) is 24.3 Å². The summed E-state index contributed by atoms with van der Waals surface area (Å²) in [6.45, 7) is 0.302. The molecule has 0 saturated heterocycles. The third-order valence-corrected chi connectivity index (χ3v) is 4.34. The second-order valence-electron chi connectivity index (χ2n) is 5.93. The molecule has 10 nitrogen and oxygen atoms in total. The topological polar surface area (TPSA) is 167 Å². The van der Waals surface area contributed by atoms with Gasteiger partial charge in [0.25, 0.3) is 0 Å². The van der Waals surface area contributed by atoms with Gasteiger partial charge in [0.05, 0.1) is 18.4 Å². The number of rotatable bonds is 6. The highest BCUT2D eigenvalue weighted by Crippen LogP contribution is 2.16. The molecular formula is C16H17N7O3S. The molecule has 27 heavy (non-hydrogen) atoms. The summed E-state index contributed by atoms with van der Waals surface area (Å²) in [6, 6.07) is 6.57. The van der Waals surface area contributed by atoms with E-state index in [2.05, 4.69) is 25.3 Å². The summed E-state index contributed by atoms with van der Waals surface area (Å²) in [6.07, 6.45) is 2.55. The second kappa shape index (κ2) is 7.11. The number of nitrogen functional groups attached to an aromatic ring is 2. The van der Waals surface area contributed by atoms with Gasteiger partial charge in [0.2, 0.25) is 5.95 Å². The Bertz CT molecular complexity index is 1130. The minimum Gasteiger partial charge on any atom is -0.382 e. The van der Waals surface area contributed by atoms with Crippen molar-refractivity contribution in [1.82, 2.24) is 19.9 Å². The first-order valence-corrected chi connectivity index (χ1v) is 9.87. The molecule has 0 fully saturated rings. The second-order valence-corrected chi connectivity index (χ2v) is 8.07. The van der Waals surface area contributed by atoms with Gasteiger partial charge in [-0.1, -0.05) is 12.1 Å². The van der Waals surface area contributed by atoms with Crippen molar-refractivity contribution in [2.75, 3.05) is 28.8 Å². The molecule has 2 aromatic heterocycles. The highest BCUT2D eigenvalue weighted by molar-refractivity contribution is 7.91. The fourth-order valence-corrected chi connectivity index (χ4v) is 3.03. The first-order valence-electron chi connectivity index (χ1n) is 7.81. The molecule has 1 aromatic carbocycles. The average molecular weight is 387 g/mol. The van der Waals surface area contributed by atoms with E-state index in [0.717, 1.165) is 6.26 Å². The largest absolute Gasteiger partial charge is 0.382 e. The molecule has 0 aliphatic rings. The molecule has 0 radical (unpaired) electrons. The van der Waals surface area contributed by atoms with Crippen LogP contribution in [0.4, 0.5) is 17.5 Å². The predicted octanol–water partition coefficient (Wildman–Crippen LogP) is 0.424. The Hall–Kier alpha value is -3.34. The SMILES string of the molecule is CS(=O)(=O)CC(=O)c1cccc(NCc2cnc3nc(N)nc(N)c3n2)c1. The van der Waals surface area contributed by atoms with Crippen LogP contribution in [0.2, 0.25) is 0 Å². The molecule has 0 aliphatic heterocycles. The summed E-state index contributed by atoms with van der Waals surface area (Å²) in [5.41, 5.74) is 13.5. The Morgan fingerprint density at radius 1 is 1.19 bits per heavy atom. The van der Waals surface area contributed by atoms with E-state index >= 15 is 0 Å². The van der Waals surface area contributed by atoms with Gasteiger partial charge in [0.1, 0.15) is 5.75 Å². The number of nitrogens with one attached hydrogen (secondary N) is 1. The number of fused-ring (bicyclic) bond motifs is 1. The number of aromatic nitrogens is 4. The lowest BCUT2D eigenvalue weighted by atomic mass is 10.1. The predicted molar refractivity (Wildman–Crippen MR) is 102 cm³/mol. The highest BCUT2D eigenvalue weighted by Gasteiger charge is 2.13. The molecule has 2 heterocycles. The Morgan fingerprint density at radius 3 is 2.70 bits per heavy atom. The molecule has 0 atom stereocenters. The van der Waals surface area contributed by atoms with Gasteiger partial charge >= 0.3 is 0 Å². The van der Waals surface area contributed by atoms with Crippen LogP contribution in [-0.4, -0.2) is 46.1 Å². The molecule has 0 spiro atoms. The van der Waals surface area contributed by atoms with Gasteiger partial charge in [-0.2, -0.15) is 9.97 Å². The third kappa shape index (κ3) is 4.64. The molecule has 5 N–H and O–H groups in total. The molecule has 3 rings (SSSR count). The quantitative estimate of drug-likeness (QED) is 0.504. The number of Topliss-reactive ketones (excluding diaryl/α,β-unsaturated/α-hetero) is 1. The molecule has 0 saturated carbocycles. The van der Waals surface area contributed by atoms with Gasteiger partial charge in [-0.25, -0.2) is 18.4 Å². The lowest BCUT2D eigenvalue weighted by Gasteiger charge is -2.08. The number of hydrogen-bond donors (Lipinski definition) is 3. The van der Waals surface area contributed by atoms with Crippen molar-refractivity contribution in [3.05, 3.63) is 41.7 Å². The normalized spacial score (nSPS) is 11.4. The van der Waals surface area contributed by atoms with Gasteiger partial charge in [-0.05, 0) is 12.1 Å². The number of carbonyl (C=O) groups excluding carboxylic acids is 1. The first kappa shape index (κ1) is 18.5. The van der Waals surface area contributed by atoms with Crippen molar-refractivity contribution in [2.45, 2.75) is 6.54 Å². The first-order chi connectivity index (χ1) is 12.7. The monoisotopic (exact) mass is 387 g/mol.